The number of nitrogens with two attached hydrogens (primary N) is 1. The van der Waals surface area contributed by atoms with Crippen LogP contribution in [0.3, 0.4) is 0 Å². The van der Waals surface area contributed by atoms with E-state index in [0.717, 1.165) is 5.56 Å². The van der Waals surface area contributed by atoms with E-state index in [2.05, 4.69) is 6.58 Å². The van der Waals surface area contributed by atoms with Gasteiger partial charge in [0.1, 0.15) is 5.75 Å². The van der Waals surface area contributed by atoms with Crippen molar-refractivity contribution in [1.29, 1.82) is 0 Å². The van der Waals surface area contributed by atoms with Gasteiger partial charge in [-0.3, -0.25) is 0 Å². The van der Waals surface area contributed by atoms with Crippen molar-refractivity contribution in [3.05, 3.63) is 40.9 Å². The Balaban J connectivity index is 0.00000169. The first kappa shape index (κ1) is 13.3. The first-order chi connectivity index (χ1) is 6.06. The van der Waals surface area contributed by atoms with Crippen molar-refractivity contribution < 1.29 is 5.11 Å². The number of aromatic hydroxyl groups is 1. The molecule has 0 saturated heterocycles. The molecule has 2 nitrogen and oxygen atoms in total. The first-order valence-corrected chi connectivity index (χ1v) is 4.31. The summed E-state index contributed by atoms with van der Waals surface area (Å²) in [5, 5.41) is 10.2. The zero-order chi connectivity index (χ0) is 10.0. The summed E-state index contributed by atoms with van der Waals surface area (Å²) < 4.78 is 0. The molecule has 3 N–H and O–H groups in total. The first-order valence-electron chi connectivity index (χ1n) is 3.93. The van der Waals surface area contributed by atoms with Gasteiger partial charge < -0.3 is 10.8 Å². The third-order valence-electron chi connectivity index (χ3n) is 1.91. The smallest absolute Gasteiger partial charge is 0.123 e. The van der Waals surface area contributed by atoms with Gasteiger partial charge in [0.05, 0.1) is 6.04 Å². The largest absolute Gasteiger partial charge is 0.507 e. The van der Waals surface area contributed by atoms with E-state index < -0.39 is 0 Å². The SMILES string of the molecule is C=C[C@@H](N)c1cc(Cl)cc(C)c1O.Cl. The molecule has 0 fully saturated rings. The molecule has 1 aromatic rings. The van der Waals surface area contributed by atoms with Crippen molar-refractivity contribution in [2.75, 3.05) is 0 Å². The van der Waals surface area contributed by atoms with E-state index in [0.29, 0.717) is 10.6 Å². The summed E-state index contributed by atoms with van der Waals surface area (Å²) in [5.74, 6) is 0.191. The lowest BCUT2D eigenvalue weighted by molar-refractivity contribution is 0.462. The highest BCUT2D eigenvalue weighted by molar-refractivity contribution is 6.30. The molecule has 4 heteroatoms. The minimum absolute atomic E-state index is 0. The van der Waals surface area contributed by atoms with Crippen molar-refractivity contribution in [2.45, 2.75) is 13.0 Å². The van der Waals surface area contributed by atoms with Crippen LogP contribution in [-0.2, 0) is 0 Å². The molecule has 1 aromatic carbocycles. The summed E-state index contributed by atoms with van der Waals surface area (Å²) in [7, 11) is 0. The Morgan fingerprint density at radius 1 is 1.57 bits per heavy atom. The minimum atomic E-state index is -0.377. The van der Waals surface area contributed by atoms with Gasteiger partial charge in [-0.25, -0.2) is 0 Å². The number of aryl methyl sites for hydroxylation is 1. The van der Waals surface area contributed by atoms with Crippen LogP contribution in [0.25, 0.3) is 0 Å². The summed E-state index contributed by atoms with van der Waals surface area (Å²) in [6, 6.07) is 2.96. The molecule has 0 radical (unpaired) electrons. The highest BCUT2D eigenvalue weighted by Crippen LogP contribution is 2.30. The fourth-order valence-corrected chi connectivity index (χ4v) is 1.42. The van der Waals surface area contributed by atoms with Crippen LogP contribution < -0.4 is 5.73 Å². The summed E-state index contributed by atoms with van der Waals surface area (Å²) in [6.45, 7) is 5.34. The van der Waals surface area contributed by atoms with E-state index in [1.807, 2.05) is 0 Å². The van der Waals surface area contributed by atoms with Gasteiger partial charge in [0.2, 0.25) is 0 Å². The number of phenols is 1. The molecule has 0 bridgehead atoms. The summed E-state index contributed by atoms with van der Waals surface area (Å²) in [6.07, 6.45) is 1.56. The Kier molecular flexibility index (Phi) is 4.99. The molecule has 0 saturated carbocycles. The molecule has 0 aliphatic heterocycles. The zero-order valence-electron chi connectivity index (χ0n) is 7.83. The standard InChI is InChI=1S/C10H12ClNO.ClH/c1-3-9(12)8-5-7(11)4-6(2)10(8)13;/h3-5,9,13H,1,12H2,2H3;1H/t9-;/m1./s1. The molecule has 14 heavy (non-hydrogen) atoms. The number of rotatable bonds is 2. The van der Waals surface area contributed by atoms with E-state index >= 15 is 0 Å². The lowest BCUT2D eigenvalue weighted by Crippen LogP contribution is -2.07. The predicted molar refractivity (Wildman–Crippen MR) is 62.2 cm³/mol. The monoisotopic (exact) mass is 233 g/mol. The summed E-state index contributed by atoms with van der Waals surface area (Å²) in [5.41, 5.74) is 7.03. The van der Waals surface area contributed by atoms with Crippen LogP contribution in [0.1, 0.15) is 17.2 Å². The predicted octanol–water partition coefficient (Wildman–Crippen LogP) is 2.96. The molecule has 0 aliphatic rings. The maximum Gasteiger partial charge on any atom is 0.123 e. The normalized spacial score (nSPS) is 11.6. The molecule has 0 aromatic heterocycles. The van der Waals surface area contributed by atoms with Crippen LogP contribution in [0.2, 0.25) is 5.02 Å². The molecular formula is C10H13Cl2NO. The molecule has 78 valence electrons. The average molecular weight is 234 g/mol. The second-order valence-corrected chi connectivity index (χ2v) is 3.36. The maximum absolute atomic E-state index is 9.64. The van der Waals surface area contributed by atoms with Crippen LogP contribution in [-0.4, -0.2) is 5.11 Å². The molecular weight excluding hydrogens is 221 g/mol. The Bertz CT molecular complexity index is 339. The fraction of sp³-hybridized carbons (Fsp3) is 0.200. The topological polar surface area (TPSA) is 46.2 Å². The van der Waals surface area contributed by atoms with E-state index in [9.17, 15) is 5.11 Å². The zero-order valence-corrected chi connectivity index (χ0v) is 9.40. The van der Waals surface area contributed by atoms with Gasteiger partial charge in [-0.15, -0.1) is 19.0 Å². The van der Waals surface area contributed by atoms with Gasteiger partial charge in [0, 0.05) is 10.6 Å². The summed E-state index contributed by atoms with van der Waals surface area (Å²) >= 11 is 5.82. The van der Waals surface area contributed by atoms with Crippen molar-refractivity contribution in [2.24, 2.45) is 5.73 Å². The van der Waals surface area contributed by atoms with E-state index in [1.165, 1.54) is 0 Å². The highest BCUT2D eigenvalue weighted by Gasteiger charge is 2.10. The lowest BCUT2D eigenvalue weighted by atomic mass is 10.0. The number of halogens is 2. The van der Waals surface area contributed by atoms with Crippen molar-refractivity contribution in [3.63, 3.8) is 0 Å². The number of hydrogen-bond acceptors (Lipinski definition) is 2. The fourth-order valence-electron chi connectivity index (χ4n) is 1.14. The third-order valence-corrected chi connectivity index (χ3v) is 2.13. The Labute approximate surface area is 94.8 Å². The molecule has 1 atom stereocenters. The van der Waals surface area contributed by atoms with Gasteiger partial charge in [-0.1, -0.05) is 17.7 Å². The quantitative estimate of drug-likeness (QED) is 0.772. The second kappa shape index (κ2) is 5.25. The Morgan fingerprint density at radius 2 is 2.14 bits per heavy atom. The van der Waals surface area contributed by atoms with Gasteiger partial charge in [0.15, 0.2) is 0 Å². The Morgan fingerprint density at radius 3 is 2.64 bits per heavy atom. The van der Waals surface area contributed by atoms with E-state index in [-0.39, 0.29) is 24.2 Å². The summed E-state index contributed by atoms with van der Waals surface area (Å²) in [4.78, 5) is 0. The highest BCUT2D eigenvalue weighted by atomic mass is 35.5. The van der Waals surface area contributed by atoms with Crippen molar-refractivity contribution >= 4 is 24.0 Å². The third kappa shape index (κ3) is 2.64. The van der Waals surface area contributed by atoms with Gasteiger partial charge in [-0.05, 0) is 24.6 Å². The Hall–Kier alpha value is -0.700. The van der Waals surface area contributed by atoms with Crippen LogP contribution in [0.15, 0.2) is 24.8 Å². The lowest BCUT2D eigenvalue weighted by Gasteiger charge is -2.11. The minimum Gasteiger partial charge on any atom is -0.507 e. The second-order valence-electron chi connectivity index (χ2n) is 2.92. The molecule has 0 heterocycles. The molecule has 0 spiro atoms. The van der Waals surface area contributed by atoms with Gasteiger partial charge in [-0.2, -0.15) is 0 Å². The average Bonchev–Trinajstić information content (AvgIpc) is 2.10. The molecule has 0 unspecified atom stereocenters. The maximum atomic E-state index is 9.64. The van der Waals surface area contributed by atoms with E-state index in [1.54, 1.807) is 25.1 Å². The number of hydrogen-bond donors (Lipinski definition) is 2. The van der Waals surface area contributed by atoms with Gasteiger partial charge in [0.25, 0.3) is 0 Å². The van der Waals surface area contributed by atoms with Crippen molar-refractivity contribution in [1.82, 2.24) is 0 Å². The van der Waals surface area contributed by atoms with Crippen LogP contribution >= 0.6 is 24.0 Å². The number of phenolic OH excluding ortho intramolecular Hbond substituents is 1. The molecule has 1 rings (SSSR count). The van der Waals surface area contributed by atoms with E-state index in [4.69, 9.17) is 17.3 Å². The van der Waals surface area contributed by atoms with Crippen LogP contribution in [0.5, 0.6) is 5.75 Å². The van der Waals surface area contributed by atoms with Crippen LogP contribution in [0.4, 0.5) is 0 Å². The molecule has 0 amide bonds. The van der Waals surface area contributed by atoms with Crippen molar-refractivity contribution in [3.8, 4) is 5.75 Å². The van der Waals surface area contributed by atoms with Gasteiger partial charge >= 0.3 is 0 Å². The van der Waals surface area contributed by atoms with Crippen LogP contribution in [0, 0.1) is 6.92 Å². The molecule has 0 aliphatic carbocycles. The number of benzene rings is 1.